The van der Waals surface area contributed by atoms with Crippen LogP contribution >= 0.6 is 0 Å². The molecule has 1 aliphatic carbocycles. The second-order valence-corrected chi connectivity index (χ2v) is 4.19. The number of halogens is 1. The summed E-state index contributed by atoms with van der Waals surface area (Å²) in [5.41, 5.74) is 4.27. The van der Waals surface area contributed by atoms with Gasteiger partial charge in [-0.05, 0) is 49.0 Å². The molecule has 0 saturated heterocycles. The molecular formula is C14H17F. The lowest BCUT2D eigenvalue weighted by Gasteiger charge is -2.06. The third kappa shape index (κ3) is 2.68. The molecule has 0 radical (unpaired) electrons. The molecule has 0 atom stereocenters. The molecule has 0 bridgehead atoms. The van der Waals surface area contributed by atoms with Gasteiger partial charge in [0.25, 0.3) is 0 Å². The van der Waals surface area contributed by atoms with Crippen LogP contribution in [0.15, 0.2) is 29.8 Å². The van der Waals surface area contributed by atoms with Crippen LogP contribution in [-0.4, -0.2) is 0 Å². The first-order valence-corrected chi connectivity index (χ1v) is 5.78. The largest absolute Gasteiger partial charge is 0.207 e. The van der Waals surface area contributed by atoms with E-state index in [2.05, 4.69) is 6.92 Å². The smallest absolute Gasteiger partial charge is 0.123 e. The molecule has 1 aliphatic rings. The molecule has 0 aliphatic heterocycles. The molecule has 1 saturated carbocycles. The molecule has 15 heavy (non-hydrogen) atoms. The predicted octanol–water partition coefficient (Wildman–Crippen LogP) is 4.56. The highest BCUT2D eigenvalue weighted by Gasteiger charge is 2.18. The van der Waals surface area contributed by atoms with Gasteiger partial charge < -0.3 is 0 Å². The molecule has 2 rings (SSSR count). The van der Waals surface area contributed by atoms with Crippen LogP contribution < -0.4 is 0 Å². The Morgan fingerprint density at radius 2 is 1.87 bits per heavy atom. The van der Waals surface area contributed by atoms with Crippen molar-refractivity contribution in [3.63, 3.8) is 0 Å². The summed E-state index contributed by atoms with van der Waals surface area (Å²) in [6, 6.07) is 6.94. The third-order valence-corrected chi connectivity index (χ3v) is 2.90. The second-order valence-electron chi connectivity index (χ2n) is 4.19. The molecular weight excluding hydrogens is 187 g/mol. The molecule has 1 aromatic carbocycles. The number of hydrogen-bond acceptors (Lipinski definition) is 0. The molecule has 1 aromatic rings. The van der Waals surface area contributed by atoms with Gasteiger partial charge in [0.05, 0.1) is 0 Å². The van der Waals surface area contributed by atoms with Crippen LogP contribution in [-0.2, 0) is 0 Å². The maximum absolute atomic E-state index is 12.8. The highest BCUT2D eigenvalue weighted by Crippen LogP contribution is 2.38. The average Bonchev–Trinajstić information content (AvgIpc) is 3.05. The summed E-state index contributed by atoms with van der Waals surface area (Å²) >= 11 is 0. The SMILES string of the molecule is CCCCC(=C1CC1)c1ccc(F)cc1. The number of hydrogen-bond donors (Lipinski definition) is 0. The lowest BCUT2D eigenvalue weighted by molar-refractivity contribution is 0.627. The Morgan fingerprint density at radius 1 is 1.20 bits per heavy atom. The normalized spacial score (nSPS) is 14.1. The van der Waals surface area contributed by atoms with Crippen LogP contribution in [0.4, 0.5) is 4.39 Å². The monoisotopic (exact) mass is 204 g/mol. The molecule has 1 fully saturated rings. The van der Waals surface area contributed by atoms with Crippen molar-refractivity contribution in [2.24, 2.45) is 0 Å². The minimum atomic E-state index is -0.144. The van der Waals surface area contributed by atoms with Gasteiger partial charge in [0.15, 0.2) is 0 Å². The Balaban J connectivity index is 2.19. The van der Waals surface area contributed by atoms with Crippen LogP contribution in [0.2, 0.25) is 0 Å². The average molecular weight is 204 g/mol. The summed E-state index contributed by atoms with van der Waals surface area (Å²) < 4.78 is 12.8. The second kappa shape index (κ2) is 4.61. The minimum Gasteiger partial charge on any atom is -0.207 e. The summed E-state index contributed by atoms with van der Waals surface area (Å²) in [5.74, 6) is -0.144. The van der Waals surface area contributed by atoms with Crippen molar-refractivity contribution in [1.29, 1.82) is 0 Å². The first kappa shape index (κ1) is 10.4. The van der Waals surface area contributed by atoms with Crippen molar-refractivity contribution in [2.45, 2.75) is 39.0 Å². The fourth-order valence-electron chi connectivity index (χ4n) is 1.89. The highest BCUT2D eigenvalue weighted by atomic mass is 19.1. The molecule has 0 N–H and O–H groups in total. The molecule has 0 unspecified atom stereocenters. The molecule has 0 heterocycles. The zero-order valence-electron chi connectivity index (χ0n) is 9.22. The van der Waals surface area contributed by atoms with E-state index in [1.807, 2.05) is 12.1 Å². The van der Waals surface area contributed by atoms with Crippen LogP contribution in [0, 0.1) is 5.82 Å². The maximum atomic E-state index is 12.8. The van der Waals surface area contributed by atoms with Crippen molar-refractivity contribution < 1.29 is 4.39 Å². The van der Waals surface area contributed by atoms with Gasteiger partial charge in [-0.3, -0.25) is 0 Å². The van der Waals surface area contributed by atoms with Gasteiger partial charge in [0, 0.05) is 0 Å². The lowest BCUT2D eigenvalue weighted by atomic mass is 9.99. The van der Waals surface area contributed by atoms with E-state index >= 15 is 0 Å². The number of benzene rings is 1. The first-order chi connectivity index (χ1) is 7.31. The van der Waals surface area contributed by atoms with Gasteiger partial charge in [-0.25, -0.2) is 4.39 Å². The summed E-state index contributed by atoms with van der Waals surface area (Å²) in [5, 5.41) is 0. The molecule has 80 valence electrons. The zero-order valence-corrected chi connectivity index (χ0v) is 9.22. The Hall–Kier alpha value is -1.11. The van der Waals surface area contributed by atoms with Crippen LogP contribution in [0.25, 0.3) is 5.57 Å². The van der Waals surface area contributed by atoms with Gasteiger partial charge in [-0.1, -0.05) is 31.1 Å². The summed E-state index contributed by atoms with van der Waals surface area (Å²) in [6.07, 6.45) is 6.10. The summed E-state index contributed by atoms with van der Waals surface area (Å²) in [7, 11) is 0. The van der Waals surface area contributed by atoms with E-state index in [0.29, 0.717) is 0 Å². The van der Waals surface area contributed by atoms with Crippen LogP contribution in [0.3, 0.4) is 0 Å². The minimum absolute atomic E-state index is 0.144. The van der Waals surface area contributed by atoms with Crippen molar-refractivity contribution in [3.05, 3.63) is 41.2 Å². The van der Waals surface area contributed by atoms with E-state index in [1.165, 1.54) is 36.8 Å². The zero-order chi connectivity index (χ0) is 10.7. The van der Waals surface area contributed by atoms with E-state index in [0.717, 1.165) is 6.42 Å². The van der Waals surface area contributed by atoms with Gasteiger partial charge in [-0.15, -0.1) is 0 Å². The fourth-order valence-corrected chi connectivity index (χ4v) is 1.89. The Bertz CT molecular complexity index is 353. The third-order valence-electron chi connectivity index (χ3n) is 2.90. The van der Waals surface area contributed by atoms with Gasteiger partial charge in [-0.2, -0.15) is 0 Å². The first-order valence-electron chi connectivity index (χ1n) is 5.78. The van der Waals surface area contributed by atoms with E-state index < -0.39 is 0 Å². The maximum Gasteiger partial charge on any atom is 0.123 e. The topological polar surface area (TPSA) is 0 Å². The van der Waals surface area contributed by atoms with Crippen LogP contribution in [0.1, 0.15) is 44.6 Å². The number of rotatable bonds is 4. The molecule has 0 amide bonds. The Labute approximate surface area is 90.8 Å². The standard InChI is InChI=1S/C14H17F/c1-2-3-4-14(11-5-6-11)12-7-9-13(15)10-8-12/h7-10H,2-6H2,1H3. The van der Waals surface area contributed by atoms with Gasteiger partial charge >= 0.3 is 0 Å². The summed E-state index contributed by atoms with van der Waals surface area (Å²) in [4.78, 5) is 0. The lowest BCUT2D eigenvalue weighted by Crippen LogP contribution is -1.86. The molecule has 0 aromatic heterocycles. The van der Waals surface area contributed by atoms with E-state index in [-0.39, 0.29) is 5.82 Å². The highest BCUT2D eigenvalue weighted by molar-refractivity contribution is 5.71. The van der Waals surface area contributed by atoms with Crippen LogP contribution in [0.5, 0.6) is 0 Å². The summed E-state index contributed by atoms with van der Waals surface area (Å²) in [6.45, 7) is 2.21. The molecule has 0 spiro atoms. The van der Waals surface area contributed by atoms with Crippen molar-refractivity contribution in [3.8, 4) is 0 Å². The van der Waals surface area contributed by atoms with Gasteiger partial charge in [0.1, 0.15) is 5.82 Å². The number of allylic oxidation sites excluding steroid dienone is 2. The molecule has 0 nitrogen and oxygen atoms in total. The van der Waals surface area contributed by atoms with Crippen molar-refractivity contribution >= 4 is 5.57 Å². The van der Waals surface area contributed by atoms with E-state index in [9.17, 15) is 4.39 Å². The Kier molecular flexibility index (Phi) is 3.20. The van der Waals surface area contributed by atoms with Crippen molar-refractivity contribution in [1.82, 2.24) is 0 Å². The predicted molar refractivity (Wildman–Crippen MR) is 62.1 cm³/mol. The van der Waals surface area contributed by atoms with Gasteiger partial charge in [0.2, 0.25) is 0 Å². The number of unbranched alkanes of at least 4 members (excludes halogenated alkanes) is 1. The molecule has 1 heteroatoms. The van der Waals surface area contributed by atoms with E-state index in [4.69, 9.17) is 0 Å². The fraction of sp³-hybridized carbons (Fsp3) is 0.429. The van der Waals surface area contributed by atoms with Crippen molar-refractivity contribution in [2.75, 3.05) is 0 Å². The Morgan fingerprint density at radius 3 is 2.40 bits per heavy atom. The van der Waals surface area contributed by atoms with E-state index in [1.54, 1.807) is 17.7 Å². The quantitative estimate of drug-likeness (QED) is 0.674.